The van der Waals surface area contributed by atoms with E-state index in [2.05, 4.69) is 0 Å². The van der Waals surface area contributed by atoms with Crippen LogP contribution in [0.4, 0.5) is 0 Å². The molecule has 0 spiro atoms. The number of amides is 2. The number of ketones is 1. The van der Waals surface area contributed by atoms with E-state index in [4.69, 9.17) is 14.2 Å². The Morgan fingerprint density at radius 3 is 2.24 bits per heavy atom. The first kappa shape index (κ1) is 24.9. The monoisotopic (exact) mass is 460 g/mol. The van der Waals surface area contributed by atoms with Gasteiger partial charge in [0.1, 0.15) is 6.04 Å². The Labute approximate surface area is 196 Å². The SMILES string of the molecule is CCC(C)(C)C(=O)C(=O)N1C2CCC1C(=O)N(CCCc1cc(OC)c(OC)c(OC)c1)C2. The summed E-state index contributed by atoms with van der Waals surface area (Å²) < 4.78 is 16.2. The predicted molar refractivity (Wildman–Crippen MR) is 124 cm³/mol. The second-order valence-corrected chi connectivity index (χ2v) is 9.45. The van der Waals surface area contributed by atoms with Crippen molar-refractivity contribution in [2.24, 2.45) is 5.41 Å². The van der Waals surface area contributed by atoms with Gasteiger partial charge in [-0.25, -0.2) is 0 Å². The van der Waals surface area contributed by atoms with Crippen LogP contribution >= 0.6 is 0 Å². The van der Waals surface area contributed by atoms with Gasteiger partial charge in [0.05, 0.1) is 27.4 Å². The molecule has 0 aliphatic carbocycles. The summed E-state index contributed by atoms with van der Waals surface area (Å²) in [5.74, 6) is 0.812. The third kappa shape index (κ3) is 4.80. The number of ether oxygens (including phenoxy) is 3. The van der Waals surface area contributed by atoms with Gasteiger partial charge in [-0.05, 0) is 49.8 Å². The van der Waals surface area contributed by atoms with E-state index in [0.717, 1.165) is 24.8 Å². The molecule has 2 unspecified atom stereocenters. The van der Waals surface area contributed by atoms with Crippen molar-refractivity contribution in [3.63, 3.8) is 0 Å². The number of likely N-dealkylation sites (tertiary alicyclic amines) is 1. The minimum Gasteiger partial charge on any atom is -0.493 e. The van der Waals surface area contributed by atoms with Gasteiger partial charge >= 0.3 is 0 Å². The maximum atomic E-state index is 13.1. The van der Waals surface area contributed by atoms with Gasteiger partial charge in [0.2, 0.25) is 17.4 Å². The quantitative estimate of drug-likeness (QED) is 0.499. The Kier molecular flexibility index (Phi) is 7.55. The first-order valence-corrected chi connectivity index (χ1v) is 11.6. The summed E-state index contributed by atoms with van der Waals surface area (Å²) in [7, 11) is 4.74. The summed E-state index contributed by atoms with van der Waals surface area (Å²) in [6.45, 7) is 6.55. The van der Waals surface area contributed by atoms with Crippen molar-refractivity contribution in [3.05, 3.63) is 17.7 Å². The number of benzene rings is 1. The summed E-state index contributed by atoms with van der Waals surface area (Å²) in [5, 5.41) is 0. The fourth-order valence-electron chi connectivity index (χ4n) is 4.69. The number of aryl methyl sites for hydroxylation is 1. The molecule has 0 aromatic heterocycles. The fourth-order valence-corrected chi connectivity index (χ4v) is 4.69. The molecule has 3 rings (SSSR count). The minimum atomic E-state index is -0.711. The Bertz CT molecular complexity index is 887. The number of nitrogens with zero attached hydrogens (tertiary/aromatic N) is 2. The first-order chi connectivity index (χ1) is 15.7. The van der Waals surface area contributed by atoms with E-state index < -0.39 is 23.1 Å². The molecule has 0 radical (unpaired) electrons. The lowest BCUT2D eigenvalue weighted by Gasteiger charge is -2.41. The van der Waals surface area contributed by atoms with E-state index in [-0.39, 0.29) is 11.9 Å². The van der Waals surface area contributed by atoms with Crippen LogP contribution in [0.2, 0.25) is 0 Å². The number of hydrogen-bond acceptors (Lipinski definition) is 6. The lowest BCUT2D eigenvalue weighted by molar-refractivity contribution is -0.158. The lowest BCUT2D eigenvalue weighted by Crippen LogP contribution is -2.61. The molecule has 0 saturated carbocycles. The molecule has 2 saturated heterocycles. The summed E-state index contributed by atoms with van der Waals surface area (Å²) in [4.78, 5) is 42.2. The molecule has 2 atom stereocenters. The van der Waals surface area contributed by atoms with Gasteiger partial charge in [0.15, 0.2) is 11.5 Å². The van der Waals surface area contributed by atoms with Crippen molar-refractivity contribution in [1.82, 2.24) is 9.80 Å². The second kappa shape index (κ2) is 10.0. The number of rotatable bonds is 10. The van der Waals surface area contributed by atoms with Crippen LogP contribution in [0.1, 0.15) is 52.0 Å². The molecule has 2 aliphatic rings. The molecule has 8 nitrogen and oxygen atoms in total. The highest BCUT2D eigenvalue weighted by Crippen LogP contribution is 2.38. The molecule has 2 heterocycles. The maximum absolute atomic E-state index is 13.1. The fraction of sp³-hybridized carbons (Fsp3) is 0.640. The molecule has 1 aromatic carbocycles. The Hall–Kier alpha value is -2.77. The molecule has 1 aromatic rings. The molecular weight excluding hydrogens is 424 g/mol. The average molecular weight is 461 g/mol. The van der Waals surface area contributed by atoms with Crippen LogP contribution in [0.25, 0.3) is 0 Å². The van der Waals surface area contributed by atoms with Crippen molar-refractivity contribution < 1.29 is 28.6 Å². The van der Waals surface area contributed by atoms with Gasteiger partial charge < -0.3 is 24.0 Å². The lowest BCUT2D eigenvalue weighted by atomic mass is 9.84. The summed E-state index contributed by atoms with van der Waals surface area (Å²) in [6, 6.07) is 3.24. The topological polar surface area (TPSA) is 85.4 Å². The number of carbonyl (C=O) groups is 3. The molecule has 0 N–H and O–H groups in total. The summed E-state index contributed by atoms with van der Waals surface area (Å²) >= 11 is 0. The van der Waals surface area contributed by atoms with Gasteiger partial charge in [-0.3, -0.25) is 14.4 Å². The first-order valence-electron chi connectivity index (χ1n) is 11.6. The van der Waals surface area contributed by atoms with Crippen molar-refractivity contribution >= 4 is 17.6 Å². The molecule has 2 amide bonds. The van der Waals surface area contributed by atoms with Gasteiger partial charge in [-0.15, -0.1) is 0 Å². The van der Waals surface area contributed by atoms with E-state index >= 15 is 0 Å². The van der Waals surface area contributed by atoms with Gasteiger partial charge in [-0.1, -0.05) is 20.8 Å². The highest BCUT2D eigenvalue weighted by Gasteiger charge is 2.50. The Morgan fingerprint density at radius 1 is 1.06 bits per heavy atom. The number of carbonyl (C=O) groups excluding carboxylic acids is 3. The smallest absolute Gasteiger partial charge is 0.291 e. The van der Waals surface area contributed by atoms with Gasteiger partial charge in [-0.2, -0.15) is 0 Å². The average Bonchev–Trinajstić information content (AvgIpc) is 3.17. The van der Waals surface area contributed by atoms with Crippen LogP contribution in [0.3, 0.4) is 0 Å². The van der Waals surface area contributed by atoms with Crippen molar-refractivity contribution in [2.75, 3.05) is 34.4 Å². The summed E-state index contributed by atoms with van der Waals surface area (Å²) in [5.41, 5.74) is 0.318. The van der Waals surface area contributed by atoms with E-state index in [1.54, 1.807) is 40.1 Å². The van der Waals surface area contributed by atoms with Gasteiger partial charge in [0, 0.05) is 18.5 Å². The van der Waals surface area contributed by atoms with E-state index in [1.807, 2.05) is 24.0 Å². The molecule has 2 bridgehead atoms. The molecule has 2 aliphatic heterocycles. The van der Waals surface area contributed by atoms with Crippen LogP contribution in [0.15, 0.2) is 12.1 Å². The van der Waals surface area contributed by atoms with Crippen LogP contribution in [0.5, 0.6) is 17.2 Å². The van der Waals surface area contributed by atoms with Crippen molar-refractivity contribution in [1.29, 1.82) is 0 Å². The van der Waals surface area contributed by atoms with Crippen LogP contribution < -0.4 is 14.2 Å². The van der Waals surface area contributed by atoms with Gasteiger partial charge in [0.25, 0.3) is 5.91 Å². The zero-order valence-electron chi connectivity index (χ0n) is 20.6. The van der Waals surface area contributed by atoms with Crippen LogP contribution in [0, 0.1) is 5.41 Å². The molecule has 182 valence electrons. The Balaban J connectivity index is 1.64. The third-order valence-electron chi connectivity index (χ3n) is 7.08. The van der Waals surface area contributed by atoms with Crippen LogP contribution in [-0.2, 0) is 20.8 Å². The zero-order valence-corrected chi connectivity index (χ0v) is 20.6. The maximum Gasteiger partial charge on any atom is 0.291 e. The second-order valence-electron chi connectivity index (χ2n) is 9.45. The predicted octanol–water partition coefficient (Wildman–Crippen LogP) is 2.85. The Morgan fingerprint density at radius 2 is 1.70 bits per heavy atom. The molecular formula is C25H36N2O6. The van der Waals surface area contributed by atoms with E-state index in [1.165, 1.54) is 0 Å². The van der Waals surface area contributed by atoms with Crippen molar-refractivity contribution in [2.45, 2.75) is 65.0 Å². The van der Waals surface area contributed by atoms with Crippen LogP contribution in [-0.4, -0.2) is 73.9 Å². The number of hydrogen-bond donors (Lipinski definition) is 0. The molecule has 33 heavy (non-hydrogen) atoms. The standard InChI is InChI=1S/C25H36N2O6/c1-7-25(2,3)22(28)24(30)27-17-10-11-18(27)23(29)26(15-17)12-8-9-16-13-19(31-4)21(33-6)20(14-16)32-5/h13-14,17-18H,7-12,15H2,1-6H3. The highest BCUT2D eigenvalue weighted by molar-refractivity contribution is 6.38. The zero-order chi connectivity index (χ0) is 24.3. The number of fused-ring (bicyclic) bond motifs is 2. The van der Waals surface area contributed by atoms with Crippen molar-refractivity contribution in [3.8, 4) is 17.2 Å². The molecule has 8 heteroatoms. The number of methoxy groups -OCH3 is 3. The third-order valence-corrected chi connectivity index (χ3v) is 7.08. The number of Topliss-reactive ketones (excluding diaryl/α,β-unsaturated/α-hetero) is 1. The summed E-state index contributed by atoms with van der Waals surface area (Å²) in [6.07, 6.45) is 3.47. The van der Waals surface area contributed by atoms with E-state index in [9.17, 15) is 14.4 Å². The number of piperazine rings is 1. The highest BCUT2D eigenvalue weighted by atomic mass is 16.5. The minimum absolute atomic E-state index is 0.0518. The van der Waals surface area contributed by atoms with E-state index in [0.29, 0.717) is 43.2 Å². The normalized spacial score (nSPS) is 20.1. The molecule has 2 fully saturated rings. The largest absolute Gasteiger partial charge is 0.493 e.